The lowest BCUT2D eigenvalue weighted by Gasteiger charge is -2.11. The van der Waals surface area contributed by atoms with Crippen LogP contribution in [-0.4, -0.2) is 22.2 Å². The average Bonchev–Trinajstić information content (AvgIpc) is 1.84. The van der Waals surface area contributed by atoms with Crippen LogP contribution in [-0.2, 0) is 9.59 Å². The average molecular weight is 158 g/mol. The van der Waals surface area contributed by atoms with Gasteiger partial charge in [0, 0.05) is 6.08 Å². The van der Waals surface area contributed by atoms with Crippen molar-refractivity contribution in [2.24, 2.45) is 5.41 Å². The molecule has 0 radical (unpaired) electrons. The van der Waals surface area contributed by atoms with Gasteiger partial charge in [0.05, 0.1) is 5.41 Å². The summed E-state index contributed by atoms with van der Waals surface area (Å²) in [5.74, 6) is -2.19. The van der Waals surface area contributed by atoms with E-state index in [-0.39, 0.29) is 0 Å². The van der Waals surface area contributed by atoms with Crippen LogP contribution in [0, 0.1) is 5.41 Å². The molecule has 0 spiro atoms. The lowest BCUT2D eigenvalue weighted by Crippen LogP contribution is -2.20. The summed E-state index contributed by atoms with van der Waals surface area (Å²) >= 11 is 0. The van der Waals surface area contributed by atoms with Gasteiger partial charge in [0.2, 0.25) is 0 Å². The van der Waals surface area contributed by atoms with Gasteiger partial charge in [-0.25, -0.2) is 4.79 Å². The van der Waals surface area contributed by atoms with Crippen molar-refractivity contribution in [2.45, 2.75) is 13.8 Å². The molecule has 0 amide bonds. The Kier molecular flexibility index (Phi) is 2.80. The van der Waals surface area contributed by atoms with Crippen molar-refractivity contribution in [3.8, 4) is 0 Å². The maximum Gasteiger partial charge on any atom is 0.328 e. The second-order valence-corrected chi connectivity index (χ2v) is 2.70. The number of hydrogen-bond acceptors (Lipinski definition) is 2. The predicted octanol–water partition coefficient (Wildman–Crippen LogP) is 0.738. The van der Waals surface area contributed by atoms with E-state index in [0.717, 1.165) is 12.2 Å². The van der Waals surface area contributed by atoms with E-state index < -0.39 is 17.4 Å². The number of aliphatic carboxylic acids is 2. The molecule has 0 saturated heterocycles. The summed E-state index contributed by atoms with van der Waals surface area (Å²) in [6.07, 6.45) is 1.96. The Morgan fingerprint density at radius 3 is 2.00 bits per heavy atom. The summed E-state index contributed by atoms with van der Waals surface area (Å²) in [7, 11) is 0. The van der Waals surface area contributed by atoms with Gasteiger partial charge in [-0.2, -0.15) is 0 Å². The van der Waals surface area contributed by atoms with Crippen LogP contribution < -0.4 is 0 Å². The Hall–Kier alpha value is -1.32. The van der Waals surface area contributed by atoms with Crippen LogP contribution in [0.15, 0.2) is 12.2 Å². The maximum absolute atomic E-state index is 10.4. The fraction of sp³-hybridized carbons (Fsp3) is 0.429. The SMILES string of the molecule is CC(C)(/C=C/C(=O)O)C(=O)O. The van der Waals surface area contributed by atoms with E-state index in [1.807, 2.05) is 0 Å². The third kappa shape index (κ3) is 3.40. The molecule has 0 fully saturated rings. The van der Waals surface area contributed by atoms with Gasteiger partial charge in [0.15, 0.2) is 0 Å². The van der Waals surface area contributed by atoms with Crippen LogP contribution in [0.2, 0.25) is 0 Å². The third-order valence-electron chi connectivity index (χ3n) is 1.19. The van der Waals surface area contributed by atoms with Crippen LogP contribution in [0.3, 0.4) is 0 Å². The van der Waals surface area contributed by atoms with Gasteiger partial charge in [-0.1, -0.05) is 6.08 Å². The van der Waals surface area contributed by atoms with E-state index in [1.54, 1.807) is 0 Å². The first kappa shape index (κ1) is 9.68. The second kappa shape index (κ2) is 3.18. The number of carboxylic acid groups (broad SMARTS) is 2. The molecular formula is C7H10O4. The molecule has 0 aromatic rings. The van der Waals surface area contributed by atoms with E-state index in [0.29, 0.717) is 0 Å². The lowest BCUT2D eigenvalue weighted by atomic mass is 9.93. The monoisotopic (exact) mass is 158 g/mol. The first-order valence-electron chi connectivity index (χ1n) is 3.02. The van der Waals surface area contributed by atoms with E-state index in [9.17, 15) is 9.59 Å². The van der Waals surface area contributed by atoms with Gasteiger partial charge in [0.1, 0.15) is 0 Å². The molecule has 0 unspecified atom stereocenters. The highest BCUT2D eigenvalue weighted by molar-refractivity contribution is 5.83. The summed E-state index contributed by atoms with van der Waals surface area (Å²) in [6, 6.07) is 0. The molecule has 0 aromatic carbocycles. The molecular weight excluding hydrogens is 148 g/mol. The topological polar surface area (TPSA) is 74.6 Å². The molecule has 0 aliphatic carbocycles. The van der Waals surface area contributed by atoms with Gasteiger partial charge in [0.25, 0.3) is 0 Å². The molecule has 2 N–H and O–H groups in total. The zero-order valence-electron chi connectivity index (χ0n) is 6.37. The molecule has 0 bridgehead atoms. The van der Waals surface area contributed by atoms with E-state index in [2.05, 4.69) is 0 Å². The van der Waals surface area contributed by atoms with E-state index in [1.165, 1.54) is 13.8 Å². The second-order valence-electron chi connectivity index (χ2n) is 2.70. The standard InChI is InChI=1S/C7H10O4/c1-7(2,6(10)11)4-3-5(8)9/h3-4H,1-2H3,(H,8,9)(H,10,11)/b4-3+. The van der Waals surface area contributed by atoms with Crippen LogP contribution >= 0.6 is 0 Å². The highest BCUT2D eigenvalue weighted by Crippen LogP contribution is 2.16. The van der Waals surface area contributed by atoms with Crippen molar-refractivity contribution in [3.63, 3.8) is 0 Å². The van der Waals surface area contributed by atoms with Gasteiger partial charge >= 0.3 is 11.9 Å². The molecule has 0 aliphatic rings. The minimum absolute atomic E-state index is 0.828. The smallest absolute Gasteiger partial charge is 0.328 e. The van der Waals surface area contributed by atoms with E-state index >= 15 is 0 Å². The zero-order chi connectivity index (χ0) is 9.07. The summed E-state index contributed by atoms with van der Waals surface area (Å²) in [6.45, 7) is 2.85. The van der Waals surface area contributed by atoms with Crippen molar-refractivity contribution in [3.05, 3.63) is 12.2 Å². The highest BCUT2D eigenvalue weighted by atomic mass is 16.4. The molecule has 4 heteroatoms. The largest absolute Gasteiger partial charge is 0.481 e. The minimum atomic E-state index is -1.14. The van der Waals surface area contributed by atoms with Crippen molar-refractivity contribution in [1.29, 1.82) is 0 Å². The van der Waals surface area contributed by atoms with Crippen LogP contribution in [0.4, 0.5) is 0 Å². The fourth-order valence-corrected chi connectivity index (χ4v) is 0.351. The zero-order valence-corrected chi connectivity index (χ0v) is 6.37. The lowest BCUT2D eigenvalue weighted by molar-refractivity contribution is -0.144. The molecule has 4 nitrogen and oxygen atoms in total. The number of carbonyl (C=O) groups is 2. The van der Waals surface area contributed by atoms with Crippen molar-refractivity contribution in [2.75, 3.05) is 0 Å². The molecule has 0 rings (SSSR count). The molecule has 0 heterocycles. The summed E-state index contributed by atoms with van der Waals surface area (Å²) < 4.78 is 0. The number of rotatable bonds is 3. The minimum Gasteiger partial charge on any atom is -0.481 e. The van der Waals surface area contributed by atoms with Crippen molar-refractivity contribution in [1.82, 2.24) is 0 Å². The Balaban J connectivity index is 4.35. The predicted molar refractivity (Wildman–Crippen MR) is 38.2 cm³/mol. The molecule has 0 aliphatic heterocycles. The Bertz CT molecular complexity index is 202. The fourth-order valence-electron chi connectivity index (χ4n) is 0.351. The quantitative estimate of drug-likeness (QED) is 0.594. The summed E-state index contributed by atoms with van der Waals surface area (Å²) in [4.78, 5) is 20.4. The third-order valence-corrected chi connectivity index (χ3v) is 1.19. The first-order chi connectivity index (χ1) is 4.86. The van der Waals surface area contributed by atoms with Gasteiger partial charge in [-0.3, -0.25) is 4.79 Å². The number of carboxylic acids is 2. The molecule has 0 atom stereocenters. The maximum atomic E-state index is 10.4. The van der Waals surface area contributed by atoms with Gasteiger partial charge in [-0.05, 0) is 13.8 Å². The Morgan fingerprint density at radius 1 is 1.27 bits per heavy atom. The molecule has 0 aromatic heterocycles. The molecule has 0 saturated carbocycles. The molecule has 11 heavy (non-hydrogen) atoms. The van der Waals surface area contributed by atoms with Gasteiger partial charge < -0.3 is 10.2 Å². The van der Waals surface area contributed by atoms with Crippen LogP contribution in [0.5, 0.6) is 0 Å². The van der Waals surface area contributed by atoms with Crippen LogP contribution in [0.25, 0.3) is 0 Å². The Morgan fingerprint density at radius 2 is 1.73 bits per heavy atom. The molecule has 62 valence electrons. The van der Waals surface area contributed by atoms with Gasteiger partial charge in [-0.15, -0.1) is 0 Å². The summed E-state index contributed by atoms with van der Waals surface area (Å²) in [5, 5.41) is 16.7. The Labute approximate surface area is 64.2 Å². The normalized spacial score (nSPS) is 11.8. The highest BCUT2D eigenvalue weighted by Gasteiger charge is 2.23. The van der Waals surface area contributed by atoms with Crippen molar-refractivity contribution < 1.29 is 19.8 Å². The summed E-state index contributed by atoms with van der Waals surface area (Å²) in [5.41, 5.74) is -1.11. The van der Waals surface area contributed by atoms with Crippen molar-refractivity contribution >= 4 is 11.9 Å². The first-order valence-corrected chi connectivity index (χ1v) is 3.02. The number of hydrogen-bond donors (Lipinski definition) is 2. The van der Waals surface area contributed by atoms with E-state index in [4.69, 9.17) is 10.2 Å². The van der Waals surface area contributed by atoms with Crippen LogP contribution in [0.1, 0.15) is 13.8 Å².